The maximum atomic E-state index is 9.75. The molecule has 1 aliphatic heterocycles. The molecule has 102 valence electrons. The van der Waals surface area contributed by atoms with Crippen LogP contribution in [0, 0.1) is 0 Å². The lowest BCUT2D eigenvalue weighted by Crippen LogP contribution is -2.40. The summed E-state index contributed by atoms with van der Waals surface area (Å²) in [6, 6.07) is 3.96. The molecule has 0 aliphatic carbocycles. The molecular weight excluding hydrogens is 240 g/mol. The molecule has 3 heterocycles. The van der Waals surface area contributed by atoms with Crippen LogP contribution < -0.4 is 0 Å². The Bertz CT molecular complexity index is 566. The van der Waals surface area contributed by atoms with Gasteiger partial charge in [-0.05, 0) is 38.1 Å². The summed E-state index contributed by atoms with van der Waals surface area (Å²) in [6.07, 6.45) is 6.50. The van der Waals surface area contributed by atoms with Crippen LogP contribution in [-0.4, -0.2) is 43.7 Å². The van der Waals surface area contributed by atoms with E-state index in [9.17, 15) is 5.11 Å². The van der Waals surface area contributed by atoms with Crippen LogP contribution in [-0.2, 0) is 6.42 Å². The molecule has 0 saturated carbocycles. The first-order valence-electron chi connectivity index (χ1n) is 7.05. The smallest absolute Gasteiger partial charge is 0.197 e. The van der Waals surface area contributed by atoms with Gasteiger partial charge in [0.1, 0.15) is 0 Å². The van der Waals surface area contributed by atoms with Crippen LogP contribution in [0.2, 0.25) is 0 Å². The van der Waals surface area contributed by atoms with E-state index in [0.29, 0.717) is 11.7 Å². The van der Waals surface area contributed by atoms with Crippen molar-refractivity contribution in [2.45, 2.75) is 38.6 Å². The Morgan fingerprint density at radius 1 is 1.42 bits per heavy atom. The summed E-state index contributed by atoms with van der Waals surface area (Å²) in [7, 11) is 0. The molecule has 0 amide bonds. The molecule has 1 aliphatic rings. The van der Waals surface area contributed by atoms with Crippen LogP contribution >= 0.6 is 0 Å². The third kappa shape index (κ3) is 2.42. The Morgan fingerprint density at radius 3 is 3.11 bits per heavy atom. The SMILES string of the molecule is CCN1CCCCC1Cc1nc2c(O)cccn2n1. The maximum absolute atomic E-state index is 9.75. The second-order valence-electron chi connectivity index (χ2n) is 5.17. The average Bonchev–Trinajstić information content (AvgIpc) is 2.83. The Morgan fingerprint density at radius 2 is 2.32 bits per heavy atom. The van der Waals surface area contributed by atoms with Crippen LogP contribution in [0.4, 0.5) is 0 Å². The quantitative estimate of drug-likeness (QED) is 0.915. The summed E-state index contributed by atoms with van der Waals surface area (Å²) in [5, 5.41) is 14.2. The van der Waals surface area contributed by atoms with Crippen LogP contribution in [0.15, 0.2) is 18.3 Å². The molecule has 19 heavy (non-hydrogen) atoms. The first kappa shape index (κ1) is 12.4. The minimum Gasteiger partial charge on any atom is -0.504 e. The molecule has 0 spiro atoms. The van der Waals surface area contributed by atoms with E-state index >= 15 is 0 Å². The number of hydrogen-bond donors (Lipinski definition) is 1. The monoisotopic (exact) mass is 260 g/mol. The number of aromatic nitrogens is 3. The van der Waals surface area contributed by atoms with Crippen LogP contribution in [0.3, 0.4) is 0 Å². The van der Waals surface area contributed by atoms with Gasteiger partial charge in [-0.3, -0.25) is 0 Å². The highest BCUT2D eigenvalue weighted by Crippen LogP contribution is 2.21. The van der Waals surface area contributed by atoms with Gasteiger partial charge in [-0.15, -0.1) is 0 Å². The minimum absolute atomic E-state index is 0.192. The zero-order chi connectivity index (χ0) is 13.2. The number of piperidine rings is 1. The van der Waals surface area contributed by atoms with E-state index in [2.05, 4.69) is 21.9 Å². The van der Waals surface area contributed by atoms with Crippen molar-refractivity contribution < 1.29 is 5.11 Å². The minimum atomic E-state index is 0.192. The average molecular weight is 260 g/mol. The Balaban J connectivity index is 1.82. The van der Waals surface area contributed by atoms with Crippen LogP contribution in [0.25, 0.3) is 5.65 Å². The number of aromatic hydroxyl groups is 1. The molecule has 0 bridgehead atoms. The summed E-state index contributed by atoms with van der Waals surface area (Å²) in [5.74, 6) is 1.02. The summed E-state index contributed by atoms with van der Waals surface area (Å²) in [4.78, 5) is 6.96. The highest BCUT2D eigenvalue weighted by molar-refractivity contribution is 5.51. The van der Waals surface area contributed by atoms with Gasteiger partial charge in [0, 0.05) is 18.7 Å². The summed E-state index contributed by atoms with van der Waals surface area (Å²) in [5.41, 5.74) is 0.552. The lowest BCUT2D eigenvalue weighted by atomic mass is 9.99. The molecule has 1 atom stereocenters. The first-order valence-corrected chi connectivity index (χ1v) is 7.05. The largest absolute Gasteiger partial charge is 0.504 e. The number of rotatable bonds is 3. The highest BCUT2D eigenvalue weighted by atomic mass is 16.3. The van der Waals surface area contributed by atoms with Crippen molar-refractivity contribution >= 4 is 5.65 Å². The molecule has 5 nitrogen and oxygen atoms in total. The molecule has 2 aromatic rings. The van der Waals surface area contributed by atoms with E-state index in [1.165, 1.54) is 25.8 Å². The number of likely N-dealkylation sites (tertiary alicyclic amines) is 1. The van der Waals surface area contributed by atoms with Gasteiger partial charge >= 0.3 is 0 Å². The van der Waals surface area contributed by atoms with Crippen molar-refractivity contribution in [2.24, 2.45) is 0 Å². The maximum Gasteiger partial charge on any atom is 0.197 e. The zero-order valence-electron chi connectivity index (χ0n) is 11.3. The van der Waals surface area contributed by atoms with Gasteiger partial charge in [-0.1, -0.05) is 13.3 Å². The summed E-state index contributed by atoms with van der Waals surface area (Å²) >= 11 is 0. The molecular formula is C14H20N4O. The fourth-order valence-corrected chi connectivity index (χ4v) is 2.94. The Hall–Kier alpha value is -1.62. The van der Waals surface area contributed by atoms with E-state index < -0.39 is 0 Å². The van der Waals surface area contributed by atoms with Crippen molar-refractivity contribution in [1.29, 1.82) is 0 Å². The molecule has 1 saturated heterocycles. The second kappa shape index (κ2) is 5.17. The molecule has 0 radical (unpaired) electrons. The number of nitrogens with zero attached hydrogens (tertiary/aromatic N) is 4. The van der Waals surface area contributed by atoms with E-state index in [1.54, 1.807) is 16.6 Å². The number of fused-ring (bicyclic) bond motifs is 1. The van der Waals surface area contributed by atoms with Gasteiger partial charge in [0.25, 0.3) is 0 Å². The number of pyridine rings is 1. The molecule has 1 N–H and O–H groups in total. The van der Waals surface area contributed by atoms with Crippen LogP contribution in [0.5, 0.6) is 5.75 Å². The summed E-state index contributed by atoms with van der Waals surface area (Å²) < 4.78 is 1.66. The third-order valence-corrected chi connectivity index (χ3v) is 3.96. The standard InChI is InChI=1S/C14H20N4O/c1-2-17-8-4-3-6-11(17)10-13-15-14-12(19)7-5-9-18(14)16-13/h5,7,9,11,19H,2-4,6,8,10H2,1H3. The highest BCUT2D eigenvalue weighted by Gasteiger charge is 2.23. The number of hydrogen-bond acceptors (Lipinski definition) is 4. The van der Waals surface area contributed by atoms with Crippen LogP contribution in [0.1, 0.15) is 32.0 Å². The van der Waals surface area contributed by atoms with Crippen molar-refractivity contribution in [2.75, 3.05) is 13.1 Å². The predicted octanol–water partition coefficient (Wildman–Crippen LogP) is 1.85. The molecule has 3 rings (SSSR count). The van der Waals surface area contributed by atoms with Gasteiger partial charge < -0.3 is 10.0 Å². The third-order valence-electron chi connectivity index (χ3n) is 3.96. The van der Waals surface area contributed by atoms with E-state index in [1.807, 2.05) is 6.20 Å². The molecule has 0 aromatic carbocycles. The normalized spacial score (nSPS) is 21.0. The van der Waals surface area contributed by atoms with Gasteiger partial charge in [0.15, 0.2) is 17.2 Å². The van der Waals surface area contributed by atoms with E-state index in [-0.39, 0.29) is 5.75 Å². The fourth-order valence-electron chi connectivity index (χ4n) is 2.94. The first-order chi connectivity index (χ1) is 9.28. The lowest BCUT2D eigenvalue weighted by Gasteiger charge is -2.34. The fraction of sp³-hybridized carbons (Fsp3) is 0.571. The summed E-state index contributed by atoms with van der Waals surface area (Å²) in [6.45, 7) is 4.48. The zero-order valence-corrected chi connectivity index (χ0v) is 11.3. The van der Waals surface area contributed by atoms with E-state index in [4.69, 9.17) is 0 Å². The van der Waals surface area contributed by atoms with Gasteiger partial charge in [0.2, 0.25) is 0 Å². The second-order valence-corrected chi connectivity index (χ2v) is 5.17. The topological polar surface area (TPSA) is 53.7 Å². The van der Waals surface area contributed by atoms with Crippen molar-refractivity contribution in [3.63, 3.8) is 0 Å². The van der Waals surface area contributed by atoms with Crippen molar-refractivity contribution in [3.05, 3.63) is 24.2 Å². The van der Waals surface area contributed by atoms with Gasteiger partial charge in [-0.25, -0.2) is 9.50 Å². The lowest BCUT2D eigenvalue weighted by molar-refractivity contribution is 0.154. The van der Waals surface area contributed by atoms with E-state index in [0.717, 1.165) is 18.8 Å². The van der Waals surface area contributed by atoms with Crippen molar-refractivity contribution in [1.82, 2.24) is 19.5 Å². The Kier molecular flexibility index (Phi) is 3.38. The molecule has 1 fully saturated rings. The van der Waals surface area contributed by atoms with Gasteiger partial charge in [0.05, 0.1) is 0 Å². The Labute approximate surface area is 112 Å². The predicted molar refractivity (Wildman–Crippen MR) is 73.2 cm³/mol. The molecule has 5 heteroatoms. The van der Waals surface area contributed by atoms with Crippen molar-refractivity contribution in [3.8, 4) is 5.75 Å². The molecule has 2 aromatic heterocycles. The number of likely N-dealkylation sites (N-methyl/N-ethyl adjacent to an activating group) is 1. The van der Waals surface area contributed by atoms with Gasteiger partial charge in [-0.2, -0.15) is 5.10 Å². The molecule has 1 unspecified atom stereocenters.